The summed E-state index contributed by atoms with van der Waals surface area (Å²) < 4.78 is 65.9. The molecule has 15 heteroatoms. The number of halogens is 3. The van der Waals surface area contributed by atoms with Crippen LogP contribution in [-0.2, 0) is 35.4 Å². The lowest BCUT2D eigenvalue weighted by Crippen LogP contribution is -2.36. The molecule has 0 aliphatic carbocycles. The molecule has 164 valence electrons. The van der Waals surface area contributed by atoms with Crippen LogP contribution < -0.4 is 10.0 Å². The molecule has 0 saturated carbocycles. The number of Topliss-reactive ketones (excluding diaryl/α,β-unsaturated/α-hetero) is 2. The number of nitro groups is 1. The second-order valence-electron chi connectivity index (χ2n) is 5.56. The fourth-order valence-corrected chi connectivity index (χ4v) is 3.21. The standard InChI is InChI=1S/C15H14F3N3O8S/c1-3-10(22)13(24)19-8-5-7(15(16,17)18)12(6-9(8)21(26)27)30(28,29)20-14(25)11(23)4-2/h5-6H,3-4H2,1-2H3,(H,19,24)(H,20,25). The first-order chi connectivity index (χ1) is 13.7. The van der Waals surface area contributed by atoms with E-state index in [4.69, 9.17) is 0 Å². The lowest BCUT2D eigenvalue weighted by molar-refractivity contribution is -0.384. The monoisotopic (exact) mass is 453 g/mol. The van der Waals surface area contributed by atoms with E-state index in [-0.39, 0.29) is 18.6 Å². The number of sulfonamides is 1. The van der Waals surface area contributed by atoms with Gasteiger partial charge < -0.3 is 5.32 Å². The van der Waals surface area contributed by atoms with Crippen molar-refractivity contribution in [2.45, 2.75) is 37.8 Å². The summed E-state index contributed by atoms with van der Waals surface area (Å²) in [5.74, 6) is -5.55. The number of benzene rings is 1. The molecule has 0 aliphatic rings. The van der Waals surface area contributed by atoms with E-state index in [9.17, 15) is 50.9 Å². The summed E-state index contributed by atoms with van der Waals surface area (Å²) in [4.78, 5) is 53.9. The van der Waals surface area contributed by atoms with Crippen molar-refractivity contribution in [1.82, 2.24) is 4.72 Å². The molecule has 0 bridgehead atoms. The Morgan fingerprint density at radius 2 is 1.53 bits per heavy atom. The van der Waals surface area contributed by atoms with E-state index in [0.717, 1.165) is 4.72 Å². The van der Waals surface area contributed by atoms with E-state index < -0.39 is 72.8 Å². The van der Waals surface area contributed by atoms with Gasteiger partial charge in [0.15, 0.2) is 0 Å². The van der Waals surface area contributed by atoms with Gasteiger partial charge >= 0.3 is 12.1 Å². The average molecular weight is 453 g/mol. The summed E-state index contributed by atoms with van der Waals surface area (Å²) in [6.45, 7) is 2.45. The highest BCUT2D eigenvalue weighted by Crippen LogP contribution is 2.40. The summed E-state index contributed by atoms with van der Waals surface area (Å²) in [5.41, 5.74) is -4.36. The minimum atomic E-state index is -5.41. The van der Waals surface area contributed by atoms with Gasteiger partial charge in [-0.3, -0.25) is 29.3 Å². The molecule has 0 radical (unpaired) electrons. The van der Waals surface area contributed by atoms with Gasteiger partial charge in [-0.1, -0.05) is 13.8 Å². The molecule has 2 amide bonds. The fraction of sp³-hybridized carbons (Fsp3) is 0.333. The van der Waals surface area contributed by atoms with Crippen molar-refractivity contribution in [2.24, 2.45) is 0 Å². The summed E-state index contributed by atoms with van der Waals surface area (Å²) in [6.07, 6.45) is -6.22. The van der Waals surface area contributed by atoms with Gasteiger partial charge in [0.2, 0.25) is 11.6 Å². The van der Waals surface area contributed by atoms with Gasteiger partial charge in [-0.15, -0.1) is 0 Å². The van der Waals surface area contributed by atoms with Gasteiger partial charge in [-0.25, -0.2) is 13.1 Å². The first-order valence-electron chi connectivity index (χ1n) is 7.99. The predicted octanol–water partition coefficient (Wildman–Crippen LogP) is 1.32. The molecule has 0 aliphatic heterocycles. The predicted molar refractivity (Wildman–Crippen MR) is 92.7 cm³/mol. The van der Waals surface area contributed by atoms with Crippen molar-refractivity contribution in [1.29, 1.82) is 0 Å². The van der Waals surface area contributed by atoms with Gasteiger partial charge in [-0.2, -0.15) is 13.2 Å². The molecule has 1 aromatic rings. The van der Waals surface area contributed by atoms with Crippen LogP contribution in [0.3, 0.4) is 0 Å². The van der Waals surface area contributed by atoms with E-state index in [0.29, 0.717) is 0 Å². The Morgan fingerprint density at radius 3 is 1.97 bits per heavy atom. The molecule has 0 saturated heterocycles. The topological polar surface area (TPSA) is 170 Å². The summed E-state index contributed by atoms with van der Waals surface area (Å²) >= 11 is 0. The van der Waals surface area contributed by atoms with Crippen molar-refractivity contribution in [3.8, 4) is 0 Å². The molecular formula is C15H14F3N3O8S. The van der Waals surface area contributed by atoms with E-state index in [2.05, 4.69) is 0 Å². The van der Waals surface area contributed by atoms with Crippen molar-refractivity contribution in [2.75, 3.05) is 5.32 Å². The summed E-state index contributed by atoms with van der Waals surface area (Å²) in [5, 5.41) is 12.8. The first kappa shape index (κ1) is 24.7. The number of anilines is 1. The van der Waals surface area contributed by atoms with Crippen LogP contribution in [0, 0.1) is 10.1 Å². The number of nitro benzene ring substituents is 1. The molecule has 11 nitrogen and oxygen atoms in total. The van der Waals surface area contributed by atoms with Crippen LogP contribution in [0.2, 0.25) is 0 Å². The molecule has 0 unspecified atom stereocenters. The number of hydrogen-bond acceptors (Lipinski definition) is 8. The molecule has 1 rings (SSSR count). The molecule has 0 spiro atoms. The van der Waals surface area contributed by atoms with Gasteiger partial charge in [-0.05, 0) is 6.07 Å². The Hall–Kier alpha value is -3.36. The maximum atomic E-state index is 13.4. The molecule has 1 aromatic carbocycles. The molecule has 0 aromatic heterocycles. The smallest absolute Gasteiger partial charge is 0.314 e. The number of carbonyl (C=O) groups excluding carboxylic acids is 4. The molecule has 2 N–H and O–H groups in total. The number of amides is 2. The SMILES string of the molecule is CCC(=O)C(=O)Nc1cc(C(F)(F)F)c(S(=O)(=O)NC(=O)C(=O)CC)cc1[N+](=O)[O-]. The number of alkyl halides is 3. The summed E-state index contributed by atoms with van der Waals surface area (Å²) in [6, 6.07) is -0.0967. The van der Waals surface area contributed by atoms with Crippen molar-refractivity contribution in [3.05, 3.63) is 27.8 Å². The van der Waals surface area contributed by atoms with Gasteiger partial charge in [0.1, 0.15) is 10.6 Å². The van der Waals surface area contributed by atoms with Crippen LogP contribution in [0.4, 0.5) is 24.5 Å². The zero-order chi connectivity index (χ0) is 23.4. The Labute approximate surface area is 166 Å². The number of hydrogen-bond donors (Lipinski definition) is 2. The highest BCUT2D eigenvalue weighted by molar-refractivity contribution is 7.90. The molecule has 0 atom stereocenters. The molecule has 0 fully saturated rings. The maximum absolute atomic E-state index is 13.4. The Bertz CT molecular complexity index is 1030. The normalized spacial score (nSPS) is 11.5. The minimum absolute atomic E-state index is 0.0408. The number of nitrogens with zero attached hydrogens (tertiary/aromatic N) is 1. The zero-order valence-electron chi connectivity index (χ0n) is 15.3. The van der Waals surface area contributed by atoms with E-state index in [1.165, 1.54) is 13.8 Å². The third-order valence-electron chi connectivity index (χ3n) is 3.51. The third-order valence-corrected chi connectivity index (χ3v) is 4.88. The van der Waals surface area contributed by atoms with Crippen LogP contribution in [0.25, 0.3) is 0 Å². The number of rotatable bonds is 8. The van der Waals surface area contributed by atoms with Crippen LogP contribution >= 0.6 is 0 Å². The molecule has 30 heavy (non-hydrogen) atoms. The Kier molecular flexibility index (Phi) is 7.39. The highest BCUT2D eigenvalue weighted by atomic mass is 32.2. The van der Waals surface area contributed by atoms with Crippen LogP contribution in [0.1, 0.15) is 32.3 Å². The fourth-order valence-electron chi connectivity index (χ4n) is 2.01. The largest absolute Gasteiger partial charge is 0.417 e. The van der Waals surface area contributed by atoms with Crippen LogP contribution in [-0.4, -0.2) is 36.7 Å². The van der Waals surface area contributed by atoms with E-state index >= 15 is 0 Å². The quantitative estimate of drug-likeness (QED) is 0.337. The Morgan fingerprint density at radius 1 is 1.03 bits per heavy atom. The lowest BCUT2D eigenvalue weighted by atomic mass is 10.1. The van der Waals surface area contributed by atoms with Gasteiger partial charge in [0, 0.05) is 18.9 Å². The average Bonchev–Trinajstić information content (AvgIpc) is 2.64. The molecular weight excluding hydrogens is 439 g/mol. The van der Waals surface area contributed by atoms with Crippen LogP contribution in [0.15, 0.2) is 17.0 Å². The lowest BCUT2D eigenvalue weighted by Gasteiger charge is -2.16. The number of carbonyl (C=O) groups is 4. The minimum Gasteiger partial charge on any atom is -0.314 e. The van der Waals surface area contributed by atoms with Crippen molar-refractivity contribution >= 4 is 44.8 Å². The van der Waals surface area contributed by atoms with E-state index in [1.54, 1.807) is 5.32 Å². The first-order valence-corrected chi connectivity index (χ1v) is 9.47. The van der Waals surface area contributed by atoms with Crippen molar-refractivity contribution in [3.63, 3.8) is 0 Å². The second kappa shape index (κ2) is 8.98. The summed E-state index contributed by atoms with van der Waals surface area (Å²) in [7, 11) is -5.38. The van der Waals surface area contributed by atoms with Gasteiger partial charge in [0.05, 0.1) is 10.5 Å². The second-order valence-corrected chi connectivity index (χ2v) is 7.21. The van der Waals surface area contributed by atoms with Crippen LogP contribution in [0.5, 0.6) is 0 Å². The van der Waals surface area contributed by atoms with Gasteiger partial charge in [0.25, 0.3) is 21.6 Å². The highest BCUT2D eigenvalue weighted by Gasteiger charge is 2.41. The maximum Gasteiger partial charge on any atom is 0.417 e. The molecule has 0 heterocycles. The number of nitrogens with one attached hydrogen (secondary N) is 2. The Balaban J connectivity index is 3.71. The number of ketones is 2. The third kappa shape index (κ3) is 5.59. The van der Waals surface area contributed by atoms with E-state index in [1.807, 2.05) is 0 Å². The zero-order valence-corrected chi connectivity index (χ0v) is 16.1. The van der Waals surface area contributed by atoms with Crippen molar-refractivity contribution < 1.29 is 45.7 Å².